The van der Waals surface area contributed by atoms with Crippen LogP contribution in [0.15, 0.2) is 48.5 Å². The molecule has 0 unspecified atom stereocenters. The van der Waals surface area contributed by atoms with E-state index in [-0.39, 0.29) is 18.4 Å². The highest BCUT2D eigenvalue weighted by molar-refractivity contribution is 6.01. The minimum Gasteiger partial charge on any atom is -0.372 e. The summed E-state index contributed by atoms with van der Waals surface area (Å²) in [6, 6.07) is 15.5. The molecule has 1 aliphatic rings. The van der Waals surface area contributed by atoms with Crippen molar-refractivity contribution in [3.05, 3.63) is 54.1 Å². The van der Waals surface area contributed by atoms with Crippen molar-refractivity contribution in [2.24, 2.45) is 5.92 Å². The lowest BCUT2D eigenvalue weighted by Gasteiger charge is -2.32. The van der Waals surface area contributed by atoms with Gasteiger partial charge in [0, 0.05) is 37.1 Å². The molecule has 5 heteroatoms. The molecule has 0 spiro atoms. The molecule has 1 saturated heterocycles. The van der Waals surface area contributed by atoms with Gasteiger partial charge in [-0.1, -0.05) is 24.6 Å². The van der Waals surface area contributed by atoms with Gasteiger partial charge in [-0.2, -0.15) is 0 Å². The van der Waals surface area contributed by atoms with Crippen molar-refractivity contribution in [1.82, 2.24) is 0 Å². The van der Waals surface area contributed by atoms with E-state index < -0.39 is 0 Å². The largest absolute Gasteiger partial charge is 0.372 e. The van der Waals surface area contributed by atoms with Gasteiger partial charge >= 0.3 is 0 Å². The maximum absolute atomic E-state index is 12.4. The third-order valence-corrected chi connectivity index (χ3v) is 5.33. The lowest BCUT2D eigenvalue weighted by Crippen LogP contribution is -2.36. The van der Waals surface area contributed by atoms with Gasteiger partial charge in [0.15, 0.2) is 0 Å². The first kappa shape index (κ1) is 19.9. The number of carbonyl (C=O) groups excluding carboxylic acids is 2. The van der Waals surface area contributed by atoms with E-state index in [0.717, 1.165) is 35.9 Å². The molecule has 1 fully saturated rings. The second-order valence-corrected chi connectivity index (χ2v) is 7.71. The van der Waals surface area contributed by atoms with Crippen LogP contribution < -0.4 is 15.1 Å². The number of piperidine rings is 1. The third kappa shape index (κ3) is 5.12. The smallest absolute Gasteiger partial charge is 0.244 e. The van der Waals surface area contributed by atoms with Crippen LogP contribution in [0.3, 0.4) is 0 Å². The number of rotatable bonds is 5. The Labute approximate surface area is 167 Å². The van der Waals surface area contributed by atoms with Crippen LogP contribution in [0.2, 0.25) is 0 Å². The van der Waals surface area contributed by atoms with Crippen LogP contribution in [-0.2, 0) is 9.59 Å². The van der Waals surface area contributed by atoms with E-state index in [9.17, 15) is 9.59 Å². The molecular weight excluding hydrogens is 350 g/mol. The van der Waals surface area contributed by atoms with Gasteiger partial charge in [-0.25, -0.2) is 0 Å². The summed E-state index contributed by atoms with van der Waals surface area (Å²) >= 11 is 0. The summed E-state index contributed by atoms with van der Waals surface area (Å²) in [5.74, 6) is 0.419. The number of hydrogen-bond donors (Lipinski definition) is 1. The van der Waals surface area contributed by atoms with E-state index >= 15 is 0 Å². The van der Waals surface area contributed by atoms with Crippen molar-refractivity contribution in [3.63, 3.8) is 0 Å². The highest BCUT2D eigenvalue weighted by Crippen LogP contribution is 2.25. The minimum atomic E-state index is -0.215. The molecule has 0 aromatic heterocycles. The van der Waals surface area contributed by atoms with Crippen molar-refractivity contribution in [3.8, 4) is 0 Å². The van der Waals surface area contributed by atoms with Gasteiger partial charge in [0.2, 0.25) is 11.8 Å². The highest BCUT2D eigenvalue weighted by Gasteiger charge is 2.18. The standard InChI is InChI=1S/C23H29N3O2/c1-17-4-6-20(7-5-17)24-23(28)16-26(19(3)27)22-10-8-21(9-11-22)25-14-12-18(2)13-15-25/h4-11,18H,12-16H2,1-3H3,(H,24,28). The molecule has 0 atom stereocenters. The van der Waals surface area contributed by atoms with Crippen LogP contribution in [0.4, 0.5) is 17.1 Å². The monoisotopic (exact) mass is 379 g/mol. The quantitative estimate of drug-likeness (QED) is 0.846. The molecule has 5 nitrogen and oxygen atoms in total. The van der Waals surface area contributed by atoms with E-state index in [4.69, 9.17) is 0 Å². The maximum atomic E-state index is 12.4. The topological polar surface area (TPSA) is 52.7 Å². The SMILES string of the molecule is CC(=O)N(CC(=O)Nc1ccc(C)cc1)c1ccc(N2CCC(C)CC2)cc1. The molecule has 2 amide bonds. The molecule has 148 valence electrons. The van der Waals surface area contributed by atoms with E-state index in [1.165, 1.54) is 30.4 Å². The maximum Gasteiger partial charge on any atom is 0.244 e. The number of nitrogens with one attached hydrogen (secondary N) is 1. The second kappa shape index (κ2) is 8.91. The normalized spacial score (nSPS) is 14.6. The fourth-order valence-corrected chi connectivity index (χ4v) is 3.48. The van der Waals surface area contributed by atoms with Gasteiger partial charge in [0.25, 0.3) is 0 Å². The molecule has 2 aromatic carbocycles. The molecule has 1 aliphatic heterocycles. The predicted molar refractivity (Wildman–Crippen MR) is 115 cm³/mol. The zero-order chi connectivity index (χ0) is 20.1. The molecule has 0 aliphatic carbocycles. The van der Waals surface area contributed by atoms with Gasteiger partial charge in [-0.3, -0.25) is 9.59 Å². The van der Waals surface area contributed by atoms with Crippen LogP contribution >= 0.6 is 0 Å². The van der Waals surface area contributed by atoms with Crippen LogP contribution in [0.25, 0.3) is 0 Å². The van der Waals surface area contributed by atoms with Crippen LogP contribution in [-0.4, -0.2) is 31.4 Å². The Hall–Kier alpha value is -2.82. The predicted octanol–water partition coefficient (Wildman–Crippen LogP) is 4.22. The van der Waals surface area contributed by atoms with Gasteiger partial charge in [-0.15, -0.1) is 0 Å². The zero-order valence-corrected chi connectivity index (χ0v) is 16.9. The van der Waals surface area contributed by atoms with Crippen molar-refractivity contribution in [1.29, 1.82) is 0 Å². The van der Waals surface area contributed by atoms with E-state index in [2.05, 4.69) is 17.1 Å². The van der Waals surface area contributed by atoms with Gasteiger partial charge in [0.1, 0.15) is 6.54 Å². The highest BCUT2D eigenvalue weighted by atomic mass is 16.2. The molecule has 1 N–H and O–H groups in total. The van der Waals surface area contributed by atoms with E-state index in [0.29, 0.717) is 0 Å². The lowest BCUT2D eigenvalue weighted by molar-refractivity contribution is -0.120. The van der Waals surface area contributed by atoms with Crippen LogP contribution in [0.1, 0.15) is 32.3 Å². The Morgan fingerprint density at radius 2 is 1.64 bits per heavy atom. The summed E-state index contributed by atoms with van der Waals surface area (Å²) in [5.41, 5.74) is 3.77. The minimum absolute atomic E-state index is 0.0101. The van der Waals surface area contributed by atoms with Gasteiger partial charge in [0.05, 0.1) is 0 Å². The Kier molecular flexibility index (Phi) is 6.34. The summed E-state index contributed by atoms with van der Waals surface area (Å²) in [6.07, 6.45) is 2.42. The van der Waals surface area contributed by atoms with Crippen molar-refractivity contribution in [2.45, 2.75) is 33.6 Å². The lowest BCUT2D eigenvalue weighted by atomic mass is 9.99. The molecule has 1 heterocycles. The molecule has 0 bridgehead atoms. The molecule has 28 heavy (non-hydrogen) atoms. The van der Waals surface area contributed by atoms with Crippen LogP contribution in [0.5, 0.6) is 0 Å². The average molecular weight is 380 g/mol. The summed E-state index contributed by atoms with van der Waals surface area (Å²) in [4.78, 5) is 28.4. The Bertz CT molecular complexity index is 807. The summed E-state index contributed by atoms with van der Waals surface area (Å²) in [5, 5.41) is 2.85. The van der Waals surface area contributed by atoms with E-state index in [1.807, 2.05) is 55.5 Å². The number of carbonyl (C=O) groups is 2. The molecule has 2 aromatic rings. The number of aryl methyl sites for hydroxylation is 1. The summed E-state index contributed by atoms with van der Waals surface area (Å²) in [6.45, 7) is 7.90. The third-order valence-electron chi connectivity index (χ3n) is 5.33. The molecule has 3 rings (SSSR count). The summed E-state index contributed by atoms with van der Waals surface area (Å²) in [7, 11) is 0. The van der Waals surface area contributed by atoms with Gasteiger partial charge in [-0.05, 0) is 62.1 Å². The van der Waals surface area contributed by atoms with Crippen molar-refractivity contribution < 1.29 is 9.59 Å². The number of benzene rings is 2. The number of nitrogens with zero attached hydrogens (tertiary/aromatic N) is 2. The Morgan fingerprint density at radius 1 is 1.04 bits per heavy atom. The Balaban J connectivity index is 1.65. The fraction of sp³-hybridized carbons (Fsp3) is 0.391. The number of hydrogen-bond acceptors (Lipinski definition) is 3. The first-order valence-corrected chi connectivity index (χ1v) is 9.92. The number of amides is 2. The number of anilines is 3. The van der Waals surface area contributed by atoms with Gasteiger partial charge < -0.3 is 15.1 Å². The molecule has 0 saturated carbocycles. The zero-order valence-electron chi connectivity index (χ0n) is 16.9. The Morgan fingerprint density at radius 3 is 2.21 bits per heavy atom. The summed E-state index contributed by atoms with van der Waals surface area (Å²) < 4.78 is 0. The first-order valence-electron chi connectivity index (χ1n) is 9.92. The second-order valence-electron chi connectivity index (χ2n) is 7.71. The molecular formula is C23H29N3O2. The van der Waals surface area contributed by atoms with Crippen LogP contribution in [0, 0.1) is 12.8 Å². The first-order chi connectivity index (χ1) is 13.4. The average Bonchev–Trinajstić information content (AvgIpc) is 2.68. The van der Waals surface area contributed by atoms with E-state index in [1.54, 1.807) is 0 Å². The van der Waals surface area contributed by atoms with Crippen molar-refractivity contribution in [2.75, 3.05) is 34.8 Å². The van der Waals surface area contributed by atoms with Crippen molar-refractivity contribution >= 4 is 28.9 Å². The molecule has 0 radical (unpaired) electrons. The fourth-order valence-electron chi connectivity index (χ4n) is 3.48.